The van der Waals surface area contributed by atoms with Gasteiger partial charge < -0.3 is 0 Å². The molecule has 3 nitrogen and oxygen atoms in total. The van der Waals surface area contributed by atoms with Gasteiger partial charge in [0.2, 0.25) is 0 Å². The molecule has 0 aliphatic carbocycles. The van der Waals surface area contributed by atoms with Crippen molar-refractivity contribution in [1.29, 1.82) is 0 Å². The summed E-state index contributed by atoms with van der Waals surface area (Å²) in [5.74, 6) is 0. The van der Waals surface area contributed by atoms with E-state index in [1.807, 2.05) is 12.3 Å². The second-order valence-corrected chi connectivity index (χ2v) is 10.2. The first-order valence-electron chi connectivity index (χ1n) is 7.61. The van der Waals surface area contributed by atoms with E-state index in [9.17, 15) is 0 Å². The number of hydrogen-bond donors (Lipinski definition) is 0. The van der Waals surface area contributed by atoms with Crippen LogP contribution < -0.4 is 0 Å². The molecule has 5 heteroatoms. The van der Waals surface area contributed by atoms with Crippen LogP contribution in [0.1, 0.15) is 0 Å². The summed E-state index contributed by atoms with van der Waals surface area (Å²) in [5.41, 5.74) is 3.10. The Morgan fingerprint density at radius 1 is 0.625 bits per heavy atom. The number of fused-ring (bicyclic) bond motifs is 7. The van der Waals surface area contributed by atoms with Gasteiger partial charge in [-0.05, 0) is 0 Å². The number of pyridine rings is 1. The van der Waals surface area contributed by atoms with Gasteiger partial charge in [-0.15, -0.1) is 0 Å². The Bertz CT molecular complexity index is 1300. The predicted octanol–water partition coefficient (Wildman–Crippen LogP) is 3.75. The van der Waals surface area contributed by atoms with Crippen molar-refractivity contribution < 1.29 is 0 Å². The van der Waals surface area contributed by atoms with Crippen LogP contribution in [0.5, 0.6) is 0 Å². The number of rotatable bonds is 0. The van der Waals surface area contributed by atoms with Gasteiger partial charge in [0.25, 0.3) is 0 Å². The third-order valence-corrected chi connectivity index (χ3v) is 10.0. The molecule has 0 unspecified atom stereocenters. The van der Waals surface area contributed by atoms with E-state index in [1.165, 1.54) is 24.7 Å². The van der Waals surface area contributed by atoms with E-state index in [4.69, 9.17) is 0 Å². The topological polar surface area (TPSA) is 38.7 Å². The molecular weight excluding hydrogens is 428 g/mol. The second kappa shape index (κ2) is 4.75. The maximum absolute atomic E-state index is 4.54. The van der Waals surface area contributed by atoms with Gasteiger partial charge in [-0.3, -0.25) is 0 Å². The summed E-state index contributed by atoms with van der Waals surface area (Å²) in [6.07, 6.45) is 5.43. The number of benzene rings is 2. The SMILES string of the molecule is c1cnc2cc3c(cc2c1)[se]c1c2cc4nccnc4cc2[se]c31. The predicted molar refractivity (Wildman–Crippen MR) is 101 cm³/mol. The molecule has 0 spiro atoms. The Morgan fingerprint density at radius 3 is 2.04 bits per heavy atom. The Morgan fingerprint density at radius 2 is 1.25 bits per heavy atom. The number of hydrogen-bond acceptors (Lipinski definition) is 3. The van der Waals surface area contributed by atoms with Crippen molar-refractivity contribution in [2.24, 2.45) is 0 Å². The van der Waals surface area contributed by atoms with E-state index < -0.39 is 0 Å². The van der Waals surface area contributed by atoms with Gasteiger partial charge in [-0.1, -0.05) is 0 Å². The van der Waals surface area contributed by atoms with Crippen LogP contribution in [0.2, 0.25) is 0 Å². The Hall–Kier alpha value is -2.03. The average Bonchev–Trinajstić information content (AvgIpc) is 3.13. The number of nitrogens with zero attached hydrogens (tertiary/aromatic N) is 3. The van der Waals surface area contributed by atoms with Crippen LogP contribution in [0.15, 0.2) is 55.0 Å². The van der Waals surface area contributed by atoms with Crippen LogP contribution in [-0.4, -0.2) is 44.0 Å². The molecule has 0 saturated heterocycles. The van der Waals surface area contributed by atoms with Crippen LogP contribution in [0, 0.1) is 0 Å². The third kappa shape index (κ3) is 1.76. The van der Waals surface area contributed by atoms with Gasteiger partial charge in [0.15, 0.2) is 0 Å². The van der Waals surface area contributed by atoms with Gasteiger partial charge in [0.1, 0.15) is 0 Å². The fraction of sp³-hybridized carbons (Fsp3) is 0. The molecule has 112 valence electrons. The molecule has 0 amide bonds. The average molecular weight is 437 g/mol. The van der Waals surface area contributed by atoms with Crippen molar-refractivity contribution in [2.75, 3.05) is 0 Å². The molecule has 0 radical (unpaired) electrons. The van der Waals surface area contributed by atoms with Crippen molar-refractivity contribution in [3.05, 3.63) is 55.0 Å². The van der Waals surface area contributed by atoms with Gasteiger partial charge in [0, 0.05) is 0 Å². The van der Waals surface area contributed by atoms with Crippen molar-refractivity contribution in [2.45, 2.75) is 0 Å². The van der Waals surface area contributed by atoms with E-state index in [0.29, 0.717) is 29.0 Å². The summed E-state index contributed by atoms with van der Waals surface area (Å²) in [5, 5.41) is 4.08. The molecule has 0 aliphatic rings. The zero-order valence-corrected chi connectivity index (χ0v) is 15.8. The molecule has 0 aliphatic heterocycles. The normalized spacial score (nSPS) is 12.2. The fourth-order valence-corrected chi connectivity index (χ4v) is 9.67. The molecule has 0 bridgehead atoms. The van der Waals surface area contributed by atoms with Gasteiger partial charge >= 0.3 is 149 Å². The molecule has 0 atom stereocenters. The molecule has 0 N–H and O–H groups in total. The van der Waals surface area contributed by atoms with Crippen LogP contribution in [0.25, 0.3) is 49.7 Å². The molecule has 0 fully saturated rings. The van der Waals surface area contributed by atoms with Crippen molar-refractivity contribution >= 4 is 78.8 Å². The number of aromatic nitrogens is 3. The summed E-state index contributed by atoms with van der Waals surface area (Å²) in [6, 6.07) is 13.3. The Labute approximate surface area is 148 Å². The van der Waals surface area contributed by atoms with Crippen molar-refractivity contribution in [3.8, 4) is 0 Å². The zero-order chi connectivity index (χ0) is 15.7. The van der Waals surface area contributed by atoms with E-state index in [1.54, 1.807) is 20.9 Å². The maximum atomic E-state index is 4.54. The molecule has 4 heterocycles. The van der Waals surface area contributed by atoms with Crippen molar-refractivity contribution in [3.63, 3.8) is 0 Å². The minimum atomic E-state index is 0.353. The van der Waals surface area contributed by atoms with Crippen molar-refractivity contribution in [1.82, 2.24) is 15.0 Å². The molecule has 4 aromatic heterocycles. The first-order chi connectivity index (χ1) is 11.9. The Kier molecular flexibility index (Phi) is 2.63. The monoisotopic (exact) mass is 439 g/mol. The Balaban J connectivity index is 1.81. The summed E-state index contributed by atoms with van der Waals surface area (Å²) >= 11 is 0.726. The molecule has 24 heavy (non-hydrogen) atoms. The summed E-state index contributed by atoms with van der Waals surface area (Å²) in [7, 11) is 0. The second-order valence-electron chi connectivity index (χ2n) is 5.80. The van der Waals surface area contributed by atoms with E-state index in [0.717, 1.165) is 16.6 Å². The molecule has 0 saturated carbocycles. The summed E-state index contributed by atoms with van der Waals surface area (Å²) in [6.45, 7) is 0. The summed E-state index contributed by atoms with van der Waals surface area (Å²) < 4.78 is 6.06. The van der Waals surface area contributed by atoms with E-state index in [-0.39, 0.29) is 0 Å². The molecular formula is C19H9N3Se2. The molecule has 6 rings (SSSR count). The van der Waals surface area contributed by atoms with E-state index >= 15 is 0 Å². The first-order valence-corrected chi connectivity index (χ1v) is 11.0. The van der Waals surface area contributed by atoms with E-state index in [2.05, 4.69) is 45.3 Å². The molecule has 6 aromatic rings. The standard InChI is InChI=1S/C19H9N3Se2/c1-2-10-6-16-11(7-13(10)20-3-1)18-19(23-16)12-8-14-15(9-17(12)24-18)22-5-4-21-14/h1-9H. The minimum absolute atomic E-state index is 0.353. The van der Waals surface area contributed by atoms with Gasteiger partial charge in [0.05, 0.1) is 0 Å². The zero-order valence-electron chi connectivity index (χ0n) is 12.4. The quantitative estimate of drug-likeness (QED) is 0.340. The fourth-order valence-electron chi connectivity index (χ4n) is 3.28. The van der Waals surface area contributed by atoms with Crippen LogP contribution >= 0.6 is 0 Å². The van der Waals surface area contributed by atoms with Gasteiger partial charge in [-0.25, -0.2) is 0 Å². The van der Waals surface area contributed by atoms with Gasteiger partial charge in [-0.2, -0.15) is 0 Å². The van der Waals surface area contributed by atoms with Crippen LogP contribution in [0.3, 0.4) is 0 Å². The summed E-state index contributed by atoms with van der Waals surface area (Å²) in [4.78, 5) is 13.5. The van der Waals surface area contributed by atoms with Crippen LogP contribution in [0.4, 0.5) is 0 Å². The first kappa shape index (κ1) is 13.3. The third-order valence-electron chi connectivity index (χ3n) is 4.39. The van der Waals surface area contributed by atoms with Crippen LogP contribution in [-0.2, 0) is 0 Å². The molecule has 2 aromatic carbocycles.